The summed E-state index contributed by atoms with van der Waals surface area (Å²) in [6, 6.07) is 12.5. The molecule has 0 aliphatic carbocycles. The minimum Gasteiger partial charge on any atom is -0.378 e. The largest absolute Gasteiger partial charge is 0.378 e. The van der Waals surface area contributed by atoms with Gasteiger partial charge in [0, 0.05) is 31.7 Å². The Balaban J connectivity index is 1.64. The van der Waals surface area contributed by atoms with Crippen molar-refractivity contribution in [2.45, 2.75) is 32.7 Å². The highest BCUT2D eigenvalue weighted by Crippen LogP contribution is 2.39. The minimum atomic E-state index is -0.0929. The van der Waals surface area contributed by atoms with Gasteiger partial charge in [0.25, 0.3) is 5.56 Å². The van der Waals surface area contributed by atoms with Crippen LogP contribution in [0.3, 0.4) is 0 Å². The van der Waals surface area contributed by atoms with Crippen LogP contribution >= 0.6 is 0 Å². The average Bonchev–Trinajstić information content (AvgIpc) is 2.97. The SMILES string of the molecule is CC1(C)CCN(c2nc(N3CCOCC3)cc(=O)[nH]2)[C@H]1Cc1ccccc1. The summed E-state index contributed by atoms with van der Waals surface area (Å²) < 4.78 is 5.43. The molecule has 0 spiro atoms. The number of rotatable bonds is 4. The monoisotopic (exact) mass is 368 g/mol. The molecule has 0 amide bonds. The number of ether oxygens (including phenoxy) is 1. The number of hydrogen-bond donors (Lipinski definition) is 1. The molecule has 1 atom stereocenters. The third-order valence-corrected chi connectivity index (χ3v) is 5.87. The van der Waals surface area contributed by atoms with Crippen LogP contribution in [0.15, 0.2) is 41.2 Å². The predicted octanol–water partition coefficient (Wildman–Crippen LogP) is 2.45. The molecule has 144 valence electrons. The molecule has 0 saturated carbocycles. The summed E-state index contributed by atoms with van der Waals surface area (Å²) in [7, 11) is 0. The molecule has 2 aliphatic rings. The van der Waals surface area contributed by atoms with Gasteiger partial charge in [-0.1, -0.05) is 44.2 Å². The van der Waals surface area contributed by atoms with E-state index in [9.17, 15) is 4.79 Å². The lowest BCUT2D eigenvalue weighted by molar-refractivity contribution is 0.122. The van der Waals surface area contributed by atoms with Gasteiger partial charge in [0.05, 0.1) is 13.2 Å². The van der Waals surface area contributed by atoms with Crippen LogP contribution in [0, 0.1) is 5.41 Å². The maximum Gasteiger partial charge on any atom is 0.254 e. The quantitative estimate of drug-likeness (QED) is 0.898. The van der Waals surface area contributed by atoms with Crippen molar-refractivity contribution in [1.29, 1.82) is 0 Å². The average molecular weight is 368 g/mol. The van der Waals surface area contributed by atoms with Crippen LogP contribution in [0.1, 0.15) is 25.8 Å². The van der Waals surface area contributed by atoms with Crippen molar-refractivity contribution in [2.75, 3.05) is 42.6 Å². The first-order valence-corrected chi connectivity index (χ1v) is 9.77. The Hall–Kier alpha value is -2.34. The summed E-state index contributed by atoms with van der Waals surface area (Å²) in [6.45, 7) is 8.42. The Morgan fingerprint density at radius 2 is 1.93 bits per heavy atom. The van der Waals surface area contributed by atoms with E-state index >= 15 is 0 Å². The van der Waals surface area contributed by atoms with E-state index in [1.807, 2.05) is 6.07 Å². The van der Waals surface area contributed by atoms with Gasteiger partial charge in [0.15, 0.2) is 0 Å². The number of hydrogen-bond acceptors (Lipinski definition) is 5. The third kappa shape index (κ3) is 3.86. The fourth-order valence-electron chi connectivity index (χ4n) is 4.15. The normalized spacial score (nSPS) is 22.2. The number of anilines is 2. The van der Waals surface area contributed by atoms with E-state index in [1.165, 1.54) is 5.56 Å². The summed E-state index contributed by atoms with van der Waals surface area (Å²) >= 11 is 0. The van der Waals surface area contributed by atoms with Gasteiger partial charge in [-0.2, -0.15) is 4.98 Å². The summed E-state index contributed by atoms with van der Waals surface area (Å²) in [6.07, 6.45) is 2.02. The predicted molar refractivity (Wildman–Crippen MR) is 108 cm³/mol. The highest BCUT2D eigenvalue weighted by Gasteiger charge is 2.41. The highest BCUT2D eigenvalue weighted by molar-refractivity contribution is 5.46. The topological polar surface area (TPSA) is 61.5 Å². The fourth-order valence-corrected chi connectivity index (χ4v) is 4.15. The van der Waals surface area contributed by atoms with Crippen LogP contribution in [-0.4, -0.2) is 48.9 Å². The summed E-state index contributed by atoms with van der Waals surface area (Å²) in [5, 5.41) is 0. The van der Waals surface area contributed by atoms with Crippen molar-refractivity contribution < 1.29 is 4.74 Å². The molecule has 1 aromatic heterocycles. The van der Waals surface area contributed by atoms with E-state index in [2.05, 4.69) is 52.9 Å². The minimum absolute atomic E-state index is 0.0929. The van der Waals surface area contributed by atoms with Crippen molar-refractivity contribution in [1.82, 2.24) is 9.97 Å². The van der Waals surface area contributed by atoms with Crippen molar-refractivity contribution in [3.05, 3.63) is 52.3 Å². The van der Waals surface area contributed by atoms with E-state index in [4.69, 9.17) is 9.72 Å². The van der Waals surface area contributed by atoms with Gasteiger partial charge >= 0.3 is 0 Å². The molecular formula is C21H28N4O2. The molecule has 2 aromatic rings. The zero-order chi connectivity index (χ0) is 18.9. The Morgan fingerprint density at radius 1 is 1.19 bits per heavy atom. The van der Waals surface area contributed by atoms with Crippen LogP contribution < -0.4 is 15.4 Å². The molecule has 27 heavy (non-hydrogen) atoms. The smallest absolute Gasteiger partial charge is 0.254 e. The first-order chi connectivity index (χ1) is 13.0. The van der Waals surface area contributed by atoms with E-state index in [0.717, 1.165) is 38.3 Å². The number of benzene rings is 1. The fraction of sp³-hybridized carbons (Fsp3) is 0.524. The van der Waals surface area contributed by atoms with Gasteiger partial charge in [0.2, 0.25) is 5.95 Å². The Morgan fingerprint density at radius 3 is 2.67 bits per heavy atom. The lowest BCUT2D eigenvalue weighted by Crippen LogP contribution is -2.41. The number of aromatic amines is 1. The molecule has 0 unspecified atom stereocenters. The first kappa shape index (κ1) is 18.0. The summed E-state index contributed by atoms with van der Waals surface area (Å²) in [4.78, 5) is 24.6. The maximum absolute atomic E-state index is 12.4. The van der Waals surface area contributed by atoms with Crippen LogP contribution in [0.4, 0.5) is 11.8 Å². The van der Waals surface area contributed by atoms with Crippen molar-refractivity contribution in [3.8, 4) is 0 Å². The molecule has 2 saturated heterocycles. The van der Waals surface area contributed by atoms with Gasteiger partial charge in [-0.25, -0.2) is 0 Å². The van der Waals surface area contributed by atoms with Crippen LogP contribution in [0.25, 0.3) is 0 Å². The standard InChI is InChI=1S/C21H28N4O2/c1-21(2)8-9-25(17(21)14-16-6-4-3-5-7-16)20-22-18(15-19(26)23-20)24-10-12-27-13-11-24/h3-7,15,17H,8-14H2,1-2H3,(H,22,23,26)/t17-/m0/s1. The number of nitrogens with one attached hydrogen (secondary N) is 1. The Labute approximate surface area is 160 Å². The Bertz CT molecular complexity index is 828. The lowest BCUT2D eigenvalue weighted by Gasteiger charge is -2.34. The molecule has 4 rings (SSSR count). The van der Waals surface area contributed by atoms with Crippen LogP contribution in [0.2, 0.25) is 0 Å². The molecule has 2 aliphatic heterocycles. The number of H-pyrrole nitrogens is 1. The van der Waals surface area contributed by atoms with Gasteiger partial charge in [0.1, 0.15) is 5.82 Å². The maximum atomic E-state index is 12.4. The van der Waals surface area contributed by atoms with E-state index in [-0.39, 0.29) is 11.0 Å². The summed E-state index contributed by atoms with van der Waals surface area (Å²) in [5.41, 5.74) is 1.38. The van der Waals surface area contributed by atoms with E-state index < -0.39 is 0 Å². The number of nitrogens with zero attached hydrogens (tertiary/aromatic N) is 3. The highest BCUT2D eigenvalue weighted by atomic mass is 16.5. The van der Waals surface area contributed by atoms with Gasteiger partial charge in [-0.05, 0) is 23.8 Å². The summed E-state index contributed by atoms with van der Waals surface area (Å²) in [5.74, 6) is 1.44. The third-order valence-electron chi connectivity index (χ3n) is 5.87. The van der Waals surface area contributed by atoms with E-state index in [1.54, 1.807) is 6.07 Å². The van der Waals surface area contributed by atoms with Crippen LogP contribution in [-0.2, 0) is 11.2 Å². The zero-order valence-electron chi connectivity index (χ0n) is 16.1. The van der Waals surface area contributed by atoms with Gasteiger partial charge < -0.3 is 14.5 Å². The molecule has 6 heteroatoms. The van der Waals surface area contributed by atoms with Crippen molar-refractivity contribution >= 4 is 11.8 Å². The molecular weight excluding hydrogens is 340 g/mol. The van der Waals surface area contributed by atoms with Crippen molar-refractivity contribution in [2.24, 2.45) is 5.41 Å². The zero-order valence-corrected chi connectivity index (χ0v) is 16.1. The lowest BCUT2D eigenvalue weighted by atomic mass is 9.81. The first-order valence-electron chi connectivity index (χ1n) is 9.77. The second kappa shape index (κ2) is 7.35. The molecule has 0 radical (unpaired) electrons. The van der Waals surface area contributed by atoms with E-state index in [0.29, 0.717) is 25.2 Å². The number of morpholine rings is 1. The molecule has 6 nitrogen and oxygen atoms in total. The van der Waals surface area contributed by atoms with Crippen molar-refractivity contribution in [3.63, 3.8) is 0 Å². The Kier molecular flexibility index (Phi) is 4.91. The molecule has 0 bridgehead atoms. The second-order valence-electron chi connectivity index (χ2n) is 8.16. The second-order valence-corrected chi connectivity index (χ2v) is 8.16. The van der Waals surface area contributed by atoms with Gasteiger partial charge in [-0.3, -0.25) is 9.78 Å². The molecule has 1 aromatic carbocycles. The molecule has 1 N–H and O–H groups in total. The van der Waals surface area contributed by atoms with Gasteiger partial charge in [-0.15, -0.1) is 0 Å². The van der Waals surface area contributed by atoms with Crippen LogP contribution in [0.5, 0.6) is 0 Å². The molecule has 3 heterocycles. The number of aromatic nitrogens is 2. The molecule has 2 fully saturated rings.